The van der Waals surface area contributed by atoms with Gasteiger partial charge in [-0.2, -0.15) is 13.2 Å². The van der Waals surface area contributed by atoms with Crippen molar-refractivity contribution < 1.29 is 13.2 Å². The molecule has 0 saturated carbocycles. The van der Waals surface area contributed by atoms with Crippen molar-refractivity contribution in [3.05, 3.63) is 91.9 Å². The molecule has 0 radical (unpaired) electrons. The highest BCUT2D eigenvalue weighted by molar-refractivity contribution is 5.73. The zero-order chi connectivity index (χ0) is 24.8. The van der Waals surface area contributed by atoms with Gasteiger partial charge in [-0.25, -0.2) is 14.3 Å². The van der Waals surface area contributed by atoms with Gasteiger partial charge in [0.2, 0.25) is 0 Å². The maximum atomic E-state index is 13.5. The smallest absolute Gasteiger partial charge is 0.320 e. The summed E-state index contributed by atoms with van der Waals surface area (Å²) < 4.78 is 43.6. The second-order valence-corrected chi connectivity index (χ2v) is 8.96. The lowest BCUT2D eigenvalue weighted by Gasteiger charge is -2.16. The Balaban J connectivity index is 1.97. The van der Waals surface area contributed by atoms with Crippen molar-refractivity contribution in [3.63, 3.8) is 0 Å². The summed E-state index contributed by atoms with van der Waals surface area (Å²) in [7, 11) is 0. The number of alkyl halides is 3. The highest BCUT2D eigenvalue weighted by Gasteiger charge is 2.30. The minimum Gasteiger partial charge on any atom is -0.320 e. The van der Waals surface area contributed by atoms with Crippen LogP contribution in [0.15, 0.2) is 58.4 Å². The Labute approximate surface area is 193 Å². The van der Waals surface area contributed by atoms with E-state index in [0.29, 0.717) is 11.3 Å². The lowest BCUT2D eigenvalue weighted by Crippen LogP contribution is -2.41. The molecule has 0 aliphatic heterocycles. The van der Waals surface area contributed by atoms with E-state index in [1.807, 2.05) is 45.9 Å². The number of rotatable bonds is 5. The largest absolute Gasteiger partial charge is 0.416 e. The summed E-state index contributed by atoms with van der Waals surface area (Å²) in [5.41, 5.74) is 1.39. The van der Waals surface area contributed by atoms with Gasteiger partial charge in [-0.1, -0.05) is 43.7 Å². The molecule has 6 nitrogen and oxygen atoms in total. The van der Waals surface area contributed by atoms with Crippen molar-refractivity contribution in [3.8, 4) is 5.69 Å². The normalized spacial score (nSPS) is 12.1. The SMILES string of the molecule is Cc1ccc(-n2c(=O)n(CC(C)C)c(=O)c3c2ncn3Cc2cccc(C(F)(F)F)c2)c(C)c1. The fourth-order valence-corrected chi connectivity index (χ4v) is 4.14. The van der Waals surface area contributed by atoms with Crippen LogP contribution < -0.4 is 11.2 Å². The van der Waals surface area contributed by atoms with E-state index in [1.54, 1.807) is 6.07 Å². The topological polar surface area (TPSA) is 61.8 Å². The minimum atomic E-state index is -4.47. The number of imidazole rings is 1. The van der Waals surface area contributed by atoms with E-state index in [2.05, 4.69) is 4.98 Å². The molecule has 0 N–H and O–H groups in total. The maximum Gasteiger partial charge on any atom is 0.416 e. The van der Waals surface area contributed by atoms with E-state index in [-0.39, 0.29) is 30.2 Å². The summed E-state index contributed by atoms with van der Waals surface area (Å²) >= 11 is 0. The van der Waals surface area contributed by atoms with Crippen LogP contribution in [0.4, 0.5) is 13.2 Å². The molecule has 4 rings (SSSR count). The summed E-state index contributed by atoms with van der Waals surface area (Å²) in [5, 5.41) is 0. The summed E-state index contributed by atoms with van der Waals surface area (Å²) in [6.45, 7) is 7.82. The Kier molecular flexibility index (Phi) is 5.97. The second-order valence-electron chi connectivity index (χ2n) is 8.96. The molecule has 2 heterocycles. The van der Waals surface area contributed by atoms with Crippen LogP contribution in [0.3, 0.4) is 0 Å². The molecule has 0 atom stereocenters. The highest BCUT2D eigenvalue weighted by Crippen LogP contribution is 2.30. The van der Waals surface area contributed by atoms with Gasteiger partial charge in [0.05, 0.1) is 17.6 Å². The molecule has 0 fully saturated rings. The highest BCUT2D eigenvalue weighted by atomic mass is 19.4. The molecule has 0 aliphatic carbocycles. The van der Waals surface area contributed by atoms with Crippen LogP contribution in [0.25, 0.3) is 16.9 Å². The van der Waals surface area contributed by atoms with Gasteiger partial charge in [-0.15, -0.1) is 0 Å². The van der Waals surface area contributed by atoms with Gasteiger partial charge in [0.15, 0.2) is 11.2 Å². The third-order valence-electron chi connectivity index (χ3n) is 5.65. The summed E-state index contributed by atoms with van der Waals surface area (Å²) in [6, 6.07) is 10.6. The maximum absolute atomic E-state index is 13.5. The van der Waals surface area contributed by atoms with Crippen LogP contribution in [-0.2, 0) is 19.3 Å². The average Bonchev–Trinajstić information content (AvgIpc) is 3.15. The molecule has 0 spiro atoms. The van der Waals surface area contributed by atoms with E-state index in [9.17, 15) is 22.8 Å². The van der Waals surface area contributed by atoms with Crippen molar-refractivity contribution in [2.24, 2.45) is 5.92 Å². The Bertz CT molecular complexity index is 1490. The molecular weight excluding hydrogens is 445 g/mol. The zero-order valence-corrected chi connectivity index (χ0v) is 19.3. The van der Waals surface area contributed by atoms with Gasteiger partial charge in [0.1, 0.15) is 0 Å². The van der Waals surface area contributed by atoms with Crippen molar-refractivity contribution >= 4 is 11.2 Å². The van der Waals surface area contributed by atoms with Gasteiger partial charge in [-0.3, -0.25) is 9.36 Å². The van der Waals surface area contributed by atoms with E-state index >= 15 is 0 Å². The quantitative estimate of drug-likeness (QED) is 0.425. The van der Waals surface area contributed by atoms with E-state index in [4.69, 9.17) is 0 Å². The molecule has 0 amide bonds. The number of halogens is 3. The van der Waals surface area contributed by atoms with Crippen molar-refractivity contribution in [2.75, 3.05) is 0 Å². The Morgan fingerprint density at radius 1 is 1.03 bits per heavy atom. The van der Waals surface area contributed by atoms with Gasteiger partial charge in [-0.05, 0) is 49.1 Å². The van der Waals surface area contributed by atoms with Crippen LogP contribution in [0, 0.1) is 19.8 Å². The fraction of sp³-hybridized carbons (Fsp3) is 0.320. The van der Waals surface area contributed by atoms with E-state index in [0.717, 1.165) is 23.3 Å². The van der Waals surface area contributed by atoms with Gasteiger partial charge in [0, 0.05) is 13.1 Å². The first-order valence-electron chi connectivity index (χ1n) is 10.9. The third-order valence-corrected chi connectivity index (χ3v) is 5.65. The first-order valence-corrected chi connectivity index (χ1v) is 10.9. The fourth-order valence-electron chi connectivity index (χ4n) is 4.14. The second kappa shape index (κ2) is 8.62. The molecule has 4 aromatic rings. The molecule has 0 bridgehead atoms. The molecular formula is C25H25F3N4O2. The molecule has 9 heteroatoms. The first-order chi connectivity index (χ1) is 16.0. The standard InChI is InChI=1S/C25H25F3N4O2/c1-15(2)12-31-23(33)21-22(32(24(31)34)20-9-8-16(3)10-17(20)4)29-14-30(21)13-18-6-5-7-19(11-18)25(26,27)28/h5-11,14-15H,12-13H2,1-4H3. The zero-order valence-electron chi connectivity index (χ0n) is 19.3. The molecule has 0 unspecified atom stereocenters. The van der Waals surface area contributed by atoms with Crippen LogP contribution in [0.5, 0.6) is 0 Å². The number of benzene rings is 2. The van der Waals surface area contributed by atoms with Crippen molar-refractivity contribution in [2.45, 2.75) is 47.0 Å². The number of hydrogen-bond acceptors (Lipinski definition) is 3. The van der Waals surface area contributed by atoms with Crippen LogP contribution >= 0.6 is 0 Å². The lowest BCUT2D eigenvalue weighted by atomic mass is 10.1. The molecule has 34 heavy (non-hydrogen) atoms. The lowest BCUT2D eigenvalue weighted by molar-refractivity contribution is -0.137. The molecule has 2 aromatic heterocycles. The van der Waals surface area contributed by atoms with Crippen LogP contribution in [0.1, 0.15) is 36.1 Å². The molecule has 0 saturated heterocycles. The van der Waals surface area contributed by atoms with Gasteiger partial charge < -0.3 is 4.57 Å². The summed E-state index contributed by atoms with van der Waals surface area (Å²) in [6.07, 6.45) is -3.08. The van der Waals surface area contributed by atoms with Crippen molar-refractivity contribution in [1.29, 1.82) is 0 Å². The number of aromatic nitrogens is 4. The predicted molar refractivity (Wildman–Crippen MR) is 124 cm³/mol. The summed E-state index contributed by atoms with van der Waals surface area (Å²) in [5.74, 6) is 0.0234. The number of aryl methyl sites for hydroxylation is 2. The van der Waals surface area contributed by atoms with Crippen LogP contribution in [0.2, 0.25) is 0 Å². The molecule has 2 aromatic carbocycles. The number of fused-ring (bicyclic) bond motifs is 1. The first kappa shape index (κ1) is 23.5. The van der Waals surface area contributed by atoms with E-state index in [1.165, 1.54) is 26.1 Å². The number of nitrogens with zero attached hydrogens (tertiary/aromatic N) is 4. The molecule has 178 valence electrons. The van der Waals surface area contributed by atoms with Crippen LogP contribution in [-0.4, -0.2) is 18.7 Å². The Hall–Kier alpha value is -3.62. The molecule has 0 aliphatic rings. The minimum absolute atomic E-state index is 0.00240. The van der Waals surface area contributed by atoms with Gasteiger partial charge in [0.25, 0.3) is 5.56 Å². The van der Waals surface area contributed by atoms with Gasteiger partial charge >= 0.3 is 11.9 Å². The Morgan fingerprint density at radius 3 is 2.41 bits per heavy atom. The third kappa shape index (κ3) is 4.30. The monoisotopic (exact) mass is 470 g/mol. The van der Waals surface area contributed by atoms with E-state index < -0.39 is 23.0 Å². The number of hydrogen-bond donors (Lipinski definition) is 0. The van der Waals surface area contributed by atoms with Crippen molar-refractivity contribution in [1.82, 2.24) is 18.7 Å². The average molecular weight is 470 g/mol. The Morgan fingerprint density at radius 2 is 1.76 bits per heavy atom. The summed E-state index contributed by atoms with van der Waals surface area (Å²) in [4.78, 5) is 31.2. The predicted octanol–water partition coefficient (Wildman–Crippen LogP) is 4.69.